The maximum absolute atomic E-state index is 14.9. The Balaban J connectivity index is 1.24. The Kier molecular flexibility index (Phi) is 10.5. The monoisotopic (exact) mass is 739 g/mol. The van der Waals surface area contributed by atoms with Gasteiger partial charge in [-0.25, -0.2) is 4.79 Å². The highest BCUT2D eigenvalue weighted by atomic mass is 16.6. The van der Waals surface area contributed by atoms with Crippen LogP contribution in [0.25, 0.3) is 11.3 Å². The molecule has 3 heterocycles. The Morgan fingerprint density at radius 2 is 1.55 bits per heavy atom. The number of amides is 3. The van der Waals surface area contributed by atoms with E-state index >= 15 is 0 Å². The maximum atomic E-state index is 14.9. The molecule has 3 amide bonds. The van der Waals surface area contributed by atoms with Crippen molar-refractivity contribution in [1.29, 1.82) is 0 Å². The lowest BCUT2D eigenvalue weighted by Crippen LogP contribution is -2.43. The van der Waals surface area contributed by atoms with Crippen LogP contribution in [-0.4, -0.2) is 82.6 Å². The fraction of sp³-hybridized carbons (Fsp3) is 0.311. The molecule has 7 rings (SSSR count). The minimum Gasteiger partial charge on any atom is -0.508 e. The van der Waals surface area contributed by atoms with Crippen molar-refractivity contribution < 1.29 is 24.2 Å². The van der Waals surface area contributed by atoms with Gasteiger partial charge in [-0.15, -0.1) is 0 Å². The number of phenols is 1. The van der Waals surface area contributed by atoms with E-state index in [9.17, 15) is 19.5 Å². The van der Waals surface area contributed by atoms with Gasteiger partial charge < -0.3 is 34.0 Å². The van der Waals surface area contributed by atoms with Crippen molar-refractivity contribution in [2.24, 2.45) is 7.05 Å². The van der Waals surface area contributed by atoms with Crippen LogP contribution in [-0.2, 0) is 39.4 Å². The molecular weight excluding hydrogens is 691 g/mol. The first-order valence-electron chi connectivity index (χ1n) is 18.9. The van der Waals surface area contributed by atoms with E-state index in [-0.39, 0.29) is 23.6 Å². The molecule has 1 N–H and O–H groups in total. The van der Waals surface area contributed by atoms with Crippen LogP contribution < -0.4 is 9.64 Å². The molecule has 1 atom stereocenters. The van der Waals surface area contributed by atoms with Crippen LogP contribution in [0.5, 0.6) is 11.5 Å². The van der Waals surface area contributed by atoms with Gasteiger partial charge in [0, 0.05) is 74.5 Å². The molecule has 5 aromatic rings. The molecule has 4 aromatic carbocycles. The number of nitrogens with zero attached hydrogens (tertiary/aromatic N) is 5. The average molecular weight is 740 g/mol. The van der Waals surface area contributed by atoms with Gasteiger partial charge in [0.05, 0.1) is 5.56 Å². The first kappa shape index (κ1) is 37.4. The van der Waals surface area contributed by atoms with Gasteiger partial charge in [-0.05, 0) is 124 Å². The number of para-hydroxylation sites is 1. The third kappa shape index (κ3) is 7.59. The quantitative estimate of drug-likeness (QED) is 0.180. The number of ether oxygens (including phenoxy) is 1. The molecule has 10 nitrogen and oxygen atoms in total. The first-order valence-corrected chi connectivity index (χ1v) is 18.9. The SMILES string of the molecule is Cc1c(C(=O)N(C)c2ccc(O)cc2)cc(-c2cc3c(cc2C(=O)N2Cc4ccccc4C[C@H]2C)CN(C(=O)Oc2ccccc2CCN(C)C)CC3)n1C. The van der Waals surface area contributed by atoms with Crippen LogP contribution in [0.3, 0.4) is 0 Å². The topological polar surface area (TPSA) is 98.6 Å². The average Bonchev–Trinajstić information content (AvgIpc) is 3.48. The van der Waals surface area contributed by atoms with Crippen LogP contribution in [0.4, 0.5) is 10.5 Å². The molecule has 0 spiro atoms. The number of fused-ring (bicyclic) bond motifs is 2. The number of likely N-dealkylation sites (N-methyl/N-ethyl adjacent to an activating group) is 1. The molecule has 0 saturated heterocycles. The van der Waals surface area contributed by atoms with Gasteiger partial charge in [-0.3, -0.25) is 9.59 Å². The molecule has 55 heavy (non-hydrogen) atoms. The molecule has 0 bridgehead atoms. The lowest BCUT2D eigenvalue weighted by Gasteiger charge is -2.36. The van der Waals surface area contributed by atoms with Crippen LogP contribution in [0.2, 0.25) is 0 Å². The molecule has 0 unspecified atom stereocenters. The number of hydrogen-bond acceptors (Lipinski definition) is 6. The molecule has 2 aliphatic rings. The zero-order chi connectivity index (χ0) is 39.0. The molecule has 2 aliphatic heterocycles. The lowest BCUT2D eigenvalue weighted by molar-refractivity contribution is 0.0658. The van der Waals surface area contributed by atoms with Crippen LogP contribution in [0, 0.1) is 6.92 Å². The number of benzene rings is 4. The van der Waals surface area contributed by atoms with E-state index in [1.165, 1.54) is 5.56 Å². The molecule has 10 heteroatoms. The van der Waals surface area contributed by atoms with Gasteiger partial charge in [-0.1, -0.05) is 42.5 Å². The summed E-state index contributed by atoms with van der Waals surface area (Å²) in [6, 6.07) is 28.3. The molecule has 0 radical (unpaired) electrons. The highest BCUT2D eigenvalue weighted by Gasteiger charge is 2.33. The van der Waals surface area contributed by atoms with Crippen LogP contribution in [0.1, 0.15) is 61.2 Å². The Bertz CT molecular complexity index is 2260. The van der Waals surface area contributed by atoms with E-state index < -0.39 is 6.09 Å². The summed E-state index contributed by atoms with van der Waals surface area (Å²) in [5, 5.41) is 9.80. The summed E-state index contributed by atoms with van der Waals surface area (Å²) in [6.07, 6.45) is 1.68. The molecule has 0 aliphatic carbocycles. The number of phenolic OH excluding ortho intramolecular Hbond substituents is 1. The second kappa shape index (κ2) is 15.5. The number of carbonyl (C=O) groups excluding carboxylic acids is 3. The third-order valence-corrected chi connectivity index (χ3v) is 11.2. The highest BCUT2D eigenvalue weighted by molar-refractivity contribution is 6.08. The zero-order valence-corrected chi connectivity index (χ0v) is 32.5. The second-order valence-electron chi connectivity index (χ2n) is 15.1. The summed E-state index contributed by atoms with van der Waals surface area (Å²) in [5.74, 6) is 0.392. The zero-order valence-electron chi connectivity index (χ0n) is 32.5. The largest absolute Gasteiger partial charge is 0.508 e. The predicted octanol–water partition coefficient (Wildman–Crippen LogP) is 7.23. The summed E-state index contributed by atoms with van der Waals surface area (Å²) < 4.78 is 7.98. The Morgan fingerprint density at radius 1 is 0.836 bits per heavy atom. The maximum Gasteiger partial charge on any atom is 0.415 e. The van der Waals surface area contributed by atoms with E-state index in [2.05, 4.69) is 30.0 Å². The summed E-state index contributed by atoms with van der Waals surface area (Å²) in [6.45, 7) is 6.09. The standard InChI is InChI=1S/C45H49N5O5/c1-29-23-32-12-7-8-13-34(32)28-50(29)44(53)40-25-35-27-49(45(54)55-42-14-10-9-11-31(42)19-21-46(3)4)22-20-33(35)24-39(40)41-26-38(30(2)47(41)5)43(52)48(6)36-15-17-37(51)18-16-36/h7-18,24-26,29,51H,19-23,27-28H2,1-6H3/t29-/m1/s1. The number of hydrogen-bond donors (Lipinski definition) is 1. The van der Waals surface area contributed by atoms with Gasteiger partial charge in [-0.2, -0.15) is 0 Å². The lowest BCUT2D eigenvalue weighted by atomic mass is 9.90. The summed E-state index contributed by atoms with van der Waals surface area (Å²) in [4.78, 5) is 49.8. The van der Waals surface area contributed by atoms with E-state index in [1.807, 2.05) is 86.1 Å². The molecule has 1 aromatic heterocycles. The van der Waals surface area contributed by atoms with Crippen molar-refractivity contribution >= 4 is 23.6 Å². The van der Waals surface area contributed by atoms with E-state index in [0.717, 1.165) is 58.6 Å². The van der Waals surface area contributed by atoms with Crippen molar-refractivity contribution in [1.82, 2.24) is 19.3 Å². The minimum absolute atomic E-state index is 0.0310. The van der Waals surface area contributed by atoms with Crippen molar-refractivity contribution in [3.8, 4) is 22.8 Å². The molecule has 0 saturated carbocycles. The van der Waals surface area contributed by atoms with E-state index in [0.29, 0.717) is 48.6 Å². The number of anilines is 1. The van der Waals surface area contributed by atoms with Crippen molar-refractivity contribution in [3.63, 3.8) is 0 Å². The van der Waals surface area contributed by atoms with Gasteiger partial charge in [0.15, 0.2) is 0 Å². The second-order valence-corrected chi connectivity index (χ2v) is 15.1. The minimum atomic E-state index is -0.417. The first-order chi connectivity index (χ1) is 26.4. The molecule has 0 fully saturated rings. The van der Waals surface area contributed by atoms with E-state index in [4.69, 9.17) is 4.74 Å². The summed E-state index contributed by atoms with van der Waals surface area (Å²) in [5.41, 5.74) is 9.27. The fourth-order valence-corrected chi connectivity index (χ4v) is 7.72. The Hall–Kier alpha value is -5.87. The van der Waals surface area contributed by atoms with Gasteiger partial charge in [0.1, 0.15) is 11.5 Å². The normalized spacial score (nSPS) is 15.1. The number of carbonyl (C=O) groups is 3. The van der Waals surface area contributed by atoms with Crippen LogP contribution in [0.15, 0.2) is 91.0 Å². The van der Waals surface area contributed by atoms with Crippen LogP contribution >= 0.6 is 0 Å². The van der Waals surface area contributed by atoms with Gasteiger partial charge in [0.2, 0.25) is 0 Å². The predicted molar refractivity (Wildman–Crippen MR) is 215 cm³/mol. The van der Waals surface area contributed by atoms with Gasteiger partial charge >= 0.3 is 6.09 Å². The van der Waals surface area contributed by atoms with Gasteiger partial charge in [0.25, 0.3) is 11.8 Å². The number of rotatable bonds is 8. The molecule has 284 valence electrons. The number of aromatic hydroxyl groups is 1. The van der Waals surface area contributed by atoms with Crippen molar-refractivity contribution in [2.75, 3.05) is 39.1 Å². The van der Waals surface area contributed by atoms with E-state index in [1.54, 1.807) is 41.1 Å². The Morgan fingerprint density at radius 3 is 2.29 bits per heavy atom. The summed E-state index contributed by atoms with van der Waals surface area (Å²) in [7, 11) is 7.67. The molecular formula is C45H49N5O5. The summed E-state index contributed by atoms with van der Waals surface area (Å²) >= 11 is 0. The number of aromatic nitrogens is 1. The smallest absolute Gasteiger partial charge is 0.415 e. The highest BCUT2D eigenvalue weighted by Crippen LogP contribution is 2.36. The van der Waals surface area contributed by atoms with Crippen molar-refractivity contribution in [3.05, 3.63) is 136 Å². The third-order valence-electron chi connectivity index (χ3n) is 11.2. The van der Waals surface area contributed by atoms with Crippen molar-refractivity contribution in [2.45, 2.75) is 52.2 Å². The Labute approximate surface area is 323 Å². The fourth-order valence-electron chi connectivity index (χ4n) is 7.72.